The van der Waals surface area contributed by atoms with Gasteiger partial charge in [0.25, 0.3) is 5.91 Å². The van der Waals surface area contributed by atoms with Crippen LogP contribution in [-0.2, 0) is 9.59 Å². The normalized spacial score (nSPS) is 14.5. The van der Waals surface area contributed by atoms with E-state index in [1.165, 1.54) is 0 Å². The maximum atomic E-state index is 12.5. The Bertz CT molecular complexity index is 877. The van der Waals surface area contributed by atoms with Gasteiger partial charge >= 0.3 is 0 Å². The molecule has 30 heavy (non-hydrogen) atoms. The third kappa shape index (κ3) is 5.39. The Kier molecular flexibility index (Phi) is 7.11. The van der Waals surface area contributed by atoms with Crippen LogP contribution in [0.2, 0.25) is 0 Å². The maximum absolute atomic E-state index is 12.5. The SMILES string of the molecule is Cc1cccc(C)c1NC(=O)CN1CCN(C(=O)COc2c(C)cccc2C)CC1. The molecule has 0 radical (unpaired) electrons. The van der Waals surface area contributed by atoms with E-state index in [0.29, 0.717) is 32.7 Å². The third-order valence-corrected chi connectivity index (χ3v) is 5.59. The second-order valence-electron chi connectivity index (χ2n) is 7.98. The number of benzene rings is 2. The first-order chi connectivity index (χ1) is 14.3. The lowest BCUT2D eigenvalue weighted by Gasteiger charge is -2.34. The molecular weight excluding hydrogens is 378 g/mol. The number of hydrogen-bond acceptors (Lipinski definition) is 4. The van der Waals surface area contributed by atoms with Crippen LogP contribution in [0.3, 0.4) is 0 Å². The zero-order valence-electron chi connectivity index (χ0n) is 18.3. The minimum atomic E-state index is -0.0227. The lowest BCUT2D eigenvalue weighted by Crippen LogP contribution is -2.51. The molecule has 1 heterocycles. The summed E-state index contributed by atoms with van der Waals surface area (Å²) in [6.45, 7) is 10.9. The second-order valence-corrected chi connectivity index (χ2v) is 7.98. The number of rotatable bonds is 6. The first-order valence-electron chi connectivity index (χ1n) is 10.4. The van der Waals surface area contributed by atoms with Gasteiger partial charge in [0, 0.05) is 31.9 Å². The summed E-state index contributed by atoms with van der Waals surface area (Å²) in [5, 5.41) is 3.03. The predicted molar refractivity (Wildman–Crippen MR) is 119 cm³/mol. The minimum Gasteiger partial charge on any atom is -0.483 e. The zero-order valence-corrected chi connectivity index (χ0v) is 18.3. The number of anilines is 1. The molecule has 0 aliphatic carbocycles. The molecule has 0 saturated carbocycles. The van der Waals surface area contributed by atoms with Crippen LogP contribution in [0.25, 0.3) is 0 Å². The number of piperazine rings is 1. The van der Waals surface area contributed by atoms with Gasteiger partial charge in [-0.15, -0.1) is 0 Å². The number of carbonyl (C=O) groups excluding carboxylic acids is 2. The molecule has 6 heteroatoms. The highest BCUT2D eigenvalue weighted by Crippen LogP contribution is 2.22. The molecule has 0 unspecified atom stereocenters. The number of aryl methyl sites for hydroxylation is 4. The third-order valence-electron chi connectivity index (χ3n) is 5.59. The summed E-state index contributed by atoms with van der Waals surface area (Å²) in [6, 6.07) is 11.9. The van der Waals surface area contributed by atoms with E-state index in [1.807, 2.05) is 69.0 Å². The fourth-order valence-electron chi connectivity index (χ4n) is 3.80. The van der Waals surface area contributed by atoms with Crippen molar-refractivity contribution in [2.24, 2.45) is 0 Å². The van der Waals surface area contributed by atoms with Crippen molar-refractivity contribution < 1.29 is 14.3 Å². The fourth-order valence-corrected chi connectivity index (χ4v) is 3.80. The van der Waals surface area contributed by atoms with Crippen molar-refractivity contribution in [1.29, 1.82) is 0 Å². The van der Waals surface area contributed by atoms with Crippen LogP contribution in [0, 0.1) is 27.7 Å². The highest BCUT2D eigenvalue weighted by molar-refractivity contribution is 5.93. The van der Waals surface area contributed by atoms with Crippen LogP contribution in [0.4, 0.5) is 5.69 Å². The van der Waals surface area contributed by atoms with Gasteiger partial charge in [-0.3, -0.25) is 14.5 Å². The Labute approximate surface area is 178 Å². The molecule has 2 amide bonds. The molecule has 0 aromatic heterocycles. The van der Waals surface area contributed by atoms with Gasteiger partial charge in [0.05, 0.1) is 6.54 Å². The lowest BCUT2D eigenvalue weighted by atomic mass is 10.1. The van der Waals surface area contributed by atoms with Crippen LogP contribution in [0.1, 0.15) is 22.3 Å². The van der Waals surface area contributed by atoms with Crippen molar-refractivity contribution in [1.82, 2.24) is 9.80 Å². The molecule has 6 nitrogen and oxygen atoms in total. The summed E-state index contributed by atoms with van der Waals surface area (Å²) in [6.07, 6.45) is 0. The molecular formula is C24H31N3O3. The van der Waals surface area contributed by atoms with Gasteiger partial charge in [-0.25, -0.2) is 0 Å². The number of hydrogen-bond donors (Lipinski definition) is 1. The van der Waals surface area contributed by atoms with Gasteiger partial charge in [-0.05, 0) is 49.9 Å². The summed E-state index contributed by atoms with van der Waals surface area (Å²) in [5.41, 5.74) is 5.07. The summed E-state index contributed by atoms with van der Waals surface area (Å²) in [7, 11) is 0. The first kappa shape index (κ1) is 21.8. The summed E-state index contributed by atoms with van der Waals surface area (Å²) < 4.78 is 5.79. The van der Waals surface area contributed by atoms with Gasteiger partial charge in [0.1, 0.15) is 5.75 Å². The van der Waals surface area contributed by atoms with E-state index in [0.717, 1.165) is 33.7 Å². The lowest BCUT2D eigenvalue weighted by molar-refractivity contribution is -0.135. The average Bonchev–Trinajstić information content (AvgIpc) is 2.71. The number of ether oxygens (including phenoxy) is 1. The number of nitrogens with one attached hydrogen (secondary N) is 1. The smallest absolute Gasteiger partial charge is 0.260 e. The summed E-state index contributed by atoms with van der Waals surface area (Å²) in [5.74, 6) is 0.746. The van der Waals surface area contributed by atoms with Crippen molar-refractivity contribution in [2.75, 3.05) is 44.6 Å². The van der Waals surface area contributed by atoms with E-state index >= 15 is 0 Å². The zero-order chi connectivity index (χ0) is 21.7. The van der Waals surface area contributed by atoms with Crippen LogP contribution in [-0.4, -0.2) is 60.9 Å². The van der Waals surface area contributed by atoms with E-state index in [2.05, 4.69) is 10.2 Å². The van der Waals surface area contributed by atoms with Gasteiger partial charge < -0.3 is 15.0 Å². The standard InChI is InChI=1S/C24H31N3O3/c1-17-7-5-8-18(2)23(17)25-21(28)15-26-11-13-27(14-12-26)22(29)16-30-24-19(3)9-6-10-20(24)4/h5-10H,11-16H2,1-4H3,(H,25,28). The van der Waals surface area contributed by atoms with E-state index in [4.69, 9.17) is 4.74 Å². The monoisotopic (exact) mass is 409 g/mol. The largest absolute Gasteiger partial charge is 0.483 e. The van der Waals surface area contributed by atoms with E-state index in [1.54, 1.807) is 0 Å². The average molecular weight is 410 g/mol. The highest BCUT2D eigenvalue weighted by atomic mass is 16.5. The Morgan fingerprint density at radius 2 is 1.40 bits per heavy atom. The molecule has 2 aromatic carbocycles. The van der Waals surface area contributed by atoms with Gasteiger partial charge in [0.15, 0.2) is 6.61 Å². The molecule has 1 fully saturated rings. The maximum Gasteiger partial charge on any atom is 0.260 e. The number of para-hydroxylation sites is 2. The van der Waals surface area contributed by atoms with Crippen molar-refractivity contribution >= 4 is 17.5 Å². The summed E-state index contributed by atoms with van der Waals surface area (Å²) in [4.78, 5) is 28.9. The van der Waals surface area contributed by atoms with Crippen molar-refractivity contribution in [3.8, 4) is 5.75 Å². The van der Waals surface area contributed by atoms with Crippen LogP contribution < -0.4 is 10.1 Å². The number of carbonyl (C=O) groups is 2. The van der Waals surface area contributed by atoms with Crippen LogP contribution >= 0.6 is 0 Å². The van der Waals surface area contributed by atoms with Crippen LogP contribution in [0.5, 0.6) is 5.75 Å². The summed E-state index contributed by atoms with van der Waals surface area (Å²) >= 11 is 0. The topological polar surface area (TPSA) is 61.9 Å². The Morgan fingerprint density at radius 3 is 1.97 bits per heavy atom. The predicted octanol–water partition coefficient (Wildman–Crippen LogP) is 3.08. The van der Waals surface area contributed by atoms with Crippen LogP contribution in [0.15, 0.2) is 36.4 Å². The Morgan fingerprint density at radius 1 is 0.867 bits per heavy atom. The molecule has 1 aliphatic rings. The molecule has 1 N–H and O–H groups in total. The molecule has 0 atom stereocenters. The van der Waals surface area contributed by atoms with Crippen molar-refractivity contribution in [3.63, 3.8) is 0 Å². The molecule has 2 aromatic rings. The molecule has 3 rings (SSSR count). The fraction of sp³-hybridized carbons (Fsp3) is 0.417. The molecule has 160 valence electrons. The van der Waals surface area contributed by atoms with Crippen molar-refractivity contribution in [3.05, 3.63) is 58.7 Å². The van der Waals surface area contributed by atoms with E-state index in [-0.39, 0.29) is 18.4 Å². The Balaban J connectivity index is 1.45. The quantitative estimate of drug-likeness (QED) is 0.797. The van der Waals surface area contributed by atoms with E-state index < -0.39 is 0 Å². The molecule has 1 saturated heterocycles. The van der Waals surface area contributed by atoms with Gasteiger partial charge in [-0.1, -0.05) is 36.4 Å². The van der Waals surface area contributed by atoms with Crippen molar-refractivity contribution in [2.45, 2.75) is 27.7 Å². The highest BCUT2D eigenvalue weighted by Gasteiger charge is 2.23. The number of nitrogens with zero attached hydrogens (tertiary/aromatic N) is 2. The minimum absolute atomic E-state index is 0.0164. The Hall–Kier alpha value is -2.86. The molecule has 0 bridgehead atoms. The molecule has 0 spiro atoms. The molecule has 1 aliphatic heterocycles. The van der Waals surface area contributed by atoms with Gasteiger partial charge in [-0.2, -0.15) is 0 Å². The second kappa shape index (κ2) is 9.76. The van der Waals surface area contributed by atoms with E-state index in [9.17, 15) is 9.59 Å². The number of amides is 2. The first-order valence-corrected chi connectivity index (χ1v) is 10.4. The van der Waals surface area contributed by atoms with Gasteiger partial charge in [0.2, 0.25) is 5.91 Å².